The highest BCUT2D eigenvalue weighted by Crippen LogP contribution is 2.27. The lowest BCUT2D eigenvalue weighted by Crippen LogP contribution is -2.74. The van der Waals surface area contributed by atoms with Crippen LogP contribution in [0.15, 0.2) is 10.5 Å². The summed E-state index contributed by atoms with van der Waals surface area (Å²) in [5.41, 5.74) is -5.00. The third kappa shape index (κ3) is 12.9. The van der Waals surface area contributed by atoms with Crippen LogP contribution in [-0.2, 0) is 43.7 Å². The summed E-state index contributed by atoms with van der Waals surface area (Å²) in [5, 5.41) is 12.5. The van der Waals surface area contributed by atoms with Crippen LogP contribution in [-0.4, -0.2) is 141 Å². The minimum atomic E-state index is -5.14. The van der Waals surface area contributed by atoms with E-state index in [4.69, 9.17) is 19.0 Å². The molecule has 0 aromatic carbocycles. The molecule has 21 nitrogen and oxygen atoms in total. The molecular weight excluding hydrogens is 769 g/mol. The van der Waals surface area contributed by atoms with Gasteiger partial charge in [-0.1, -0.05) is 5.16 Å². The highest BCUT2D eigenvalue weighted by molar-refractivity contribution is 7.84. The number of ether oxygens (including phenoxy) is 3. The molecule has 3 rings (SSSR count). The third-order valence-corrected chi connectivity index (χ3v) is 8.87. The molecule has 3 heterocycles. The van der Waals surface area contributed by atoms with Crippen LogP contribution in [0.25, 0.3) is 0 Å². The number of urea groups is 1. The van der Waals surface area contributed by atoms with Crippen molar-refractivity contribution in [2.45, 2.75) is 111 Å². The molecule has 0 unspecified atom stereocenters. The van der Waals surface area contributed by atoms with Crippen molar-refractivity contribution in [3.8, 4) is 0 Å². The lowest BCUT2D eigenvalue weighted by Gasteiger charge is -2.45. The second-order valence-electron chi connectivity index (χ2n) is 16.0. The zero-order valence-corrected chi connectivity index (χ0v) is 34.3. The van der Waals surface area contributed by atoms with Gasteiger partial charge in [-0.15, -0.1) is 11.3 Å². The highest BCUT2D eigenvalue weighted by Gasteiger charge is 2.55. The average molecular weight is 819 g/mol. The fourth-order valence-electron chi connectivity index (χ4n) is 4.83. The lowest BCUT2D eigenvalue weighted by molar-refractivity contribution is -0.179. The molecular formula is C32H50N8O13S2. The van der Waals surface area contributed by atoms with Crippen molar-refractivity contribution < 1.29 is 60.8 Å². The Kier molecular flexibility index (Phi) is 13.4. The van der Waals surface area contributed by atoms with Gasteiger partial charge in [0.1, 0.15) is 28.5 Å². The molecule has 6 amide bonds. The van der Waals surface area contributed by atoms with E-state index in [0.29, 0.717) is 0 Å². The topological polar surface area (TPSA) is 265 Å². The van der Waals surface area contributed by atoms with Gasteiger partial charge in [0.05, 0.1) is 6.04 Å². The summed E-state index contributed by atoms with van der Waals surface area (Å²) in [6.07, 6.45) is -1.53. The number of esters is 1. The van der Waals surface area contributed by atoms with E-state index in [1.807, 2.05) is 0 Å². The van der Waals surface area contributed by atoms with Gasteiger partial charge < -0.3 is 39.5 Å². The summed E-state index contributed by atoms with van der Waals surface area (Å²) in [6.45, 7) is 17.6. The SMILES string of the molecule is CC(C)(C)OC(=O)NCCN1CCN(C[C@@H]2[C@H](NC(=O)/C(=N\OC(C)(C)C(=O)OC(C)(C)C)c3csc(NC(=O)OC(C)(C)C)n3)C(=O)N2S(=O)(=O)O)C1=O. The van der Waals surface area contributed by atoms with Gasteiger partial charge in [0.15, 0.2) is 10.8 Å². The van der Waals surface area contributed by atoms with E-state index in [9.17, 15) is 41.7 Å². The van der Waals surface area contributed by atoms with Crippen LogP contribution in [0.4, 0.5) is 19.5 Å². The summed E-state index contributed by atoms with van der Waals surface area (Å²) in [7, 11) is -5.14. The maximum atomic E-state index is 13.8. The van der Waals surface area contributed by atoms with E-state index in [1.165, 1.54) is 29.0 Å². The van der Waals surface area contributed by atoms with Crippen LogP contribution in [0.5, 0.6) is 0 Å². The molecule has 23 heteroatoms. The molecule has 2 fully saturated rings. The van der Waals surface area contributed by atoms with Crippen LogP contribution >= 0.6 is 11.3 Å². The molecule has 0 spiro atoms. The smallest absolute Gasteiger partial charge is 0.413 e. The number of hydrogen-bond acceptors (Lipinski definition) is 15. The van der Waals surface area contributed by atoms with Crippen molar-refractivity contribution in [3.63, 3.8) is 0 Å². The van der Waals surface area contributed by atoms with Crippen molar-refractivity contribution >= 4 is 68.5 Å². The predicted molar refractivity (Wildman–Crippen MR) is 196 cm³/mol. The molecule has 4 N–H and O–H groups in total. The van der Waals surface area contributed by atoms with Crippen molar-refractivity contribution in [2.75, 3.05) is 38.0 Å². The predicted octanol–water partition coefficient (Wildman–Crippen LogP) is 2.09. The second kappa shape index (κ2) is 16.5. The molecule has 2 atom stereocenters. The van der Waals surface area contributed by atoms with Crippen LogP contribution in [0, 0.1) is 0 Å². The zero-order chi connectivity index (χ0) is 41.9. The van der Waals surface area contributed by atoms with E-state index in [0.717, 1.165) is 11.3 Å². The Morgan fingerprint density at radius 3 is 2.04 bits per heavy atom. The number of oxime groups is 1. The van der Waals surface area contributed by atoms with Crippen molar-refractivity contribution in [1.82, 2.24) is 29.7 Å². The monoisotopic (exact) mass is 818 g/mol. The first kappa shape index (κ1) is 44.6. The molecule has 1 aromatic heterocycles. The molecule has 2 saturated heterocycles. The van der Waals surface area contributed by atoms with E-state index in [2.05, 4.69) is 26.1 Å². The minimum absolute atomic E-state index is 0.0234. The van der Waals surface area contributed by atoms with Gasteiger partial charge in [-0.05, 0) is 76.2 Å². The zero-order valence-electron chi connectivity index (χ0n) is 32.7. The van der Waals surface area contributed by atoms with Gasteiger partial charge in [-0.25, -0.2) is 28.5 Å². The largest absolute Gasteiger partial charge is 0.457 e. The number of aromatic nitrogens is 1. The van der Waals surface area contributed by atoms with E-state index in [1.54, 1.807) is 62.3 Å². The Labute approximate surface area is 323 Å². The maximum Gasteiger partial charge on any atom is 0.413 e. The first-order valence-corrected chi connectivity index (χ1v) is 19.3. The van der Waals surface area contributed by atoms with Gasteiger partial charge in [-0.2, -0.15) is 8.42 Å². The standard InChI is InChI=1S/C32H50N8O13S2/c1-29(2,3)50-24(43)32(10,11)53-37-20(18-17-54-25(34-18)36-27(45)52-31(7,8)9)22(41)35-21-19(40(23(21)42)55(47,48)49)16-39-15-14-38(28(39)46)13-12-33-26(44)51-30(4,5)6/h17,19,21H,12-16H2,1-11H3,(H,33,44)(H,35,41)(H,34,36,45)(H,47,48,49)/b37-20-/t19-,21+/m1/s1. The molecule has 55 heavy (non-hydrogen) atoms. The van der Waals surface area contributed by atoms with Crippen LogP contribution < -0.4 is 16.0 Å². The number of nitrogens with one attached hydrogen (secondary N) is 3. The van der Waals surface area contributed by atoms with Crippen molar-refractivity contribution in [3.05, 3.63) is 11.1 Å². The number of β-lactam (4-membered cyclic amide) rings is 1. The minimum Gasteiger partial charge on any atom is -0.457 e. The van der Waals surface area contributed by atoms with Gasteiger partial charge in [0.2, 0.25) is 5.60 Å². The molecule has 0 saturated carbocycles. The van der Waals surface area contributed by atoms with Gasteiger partial charge in [0, 0.05) is 38.1 Å². The number of nitrogens with zero attached hydrogens (tertiary/aromatic N) is 5. The maximum absolute atomic E-state index is 13.8. The molecule has 0 radical (unpaired) electrons. The van der Waals surface area contributed by atoms with Crippen LogP contribution in [0.2, 0.25) is 0 Å². The first-order chi connectivity index (χ1) is 25.0. The number of amides is 6. The van der Waals surface area contributed by atoms with Crippen molar-refractivity contribution in [1.29, 1.82) is 0 Å². The fourth-order valence-corrected chi connectivity index (χ4v) is 6.38. The fraction of sp³-hybridized carbons (Fsp3) is 0.688. The lowest BCUT2D eigenvalue weighted by atomic mass is 9.97. The average Bonchev–Trinajstić information content (AvgIpc) is 3.58. The molecule has 308 valence electrons. The number of rotatable bonds is 13. The summed E-state index contributed by atoms with van der Waals surface area (Å²) in [4.78, 5) is 89.6. The molecule has 0 bridgehead atoms. The number of thiazole rings is 1. The summed E-state index contributed by atoms with van der Waals surface area (Å²) in [6, 6.07) is -3.62. The molecule has 2 aliphatic rings. The van der Waals surface area contributed by atoms with E-state index >= 15 is 0 Å². The Hall–Kier alpha value is -4.77. The molecule has 1 aromatic rings. The molecule has 2 aliphatic heterocycles. The Morgan fingerprint density at radius 1 is 0.909 bits per heavy atom. The van der Waals surface area contributed by atoms with E-state index < -0.39 is 93.0 Å². The summed E-state index contributed by atoms with van der Waals surface area (Å²) < 4.78 is 50.3. The Balaban J connectivity index is 1.84. The number of anilines is 1. The highest BCUT2D eigenvalue weighted by atomic mass is 32.2. The first-order valence-electron chi connectivity index (χ1n) is 17.1. The summed E-state index contributed by atoms with van der Waals surface area (Å²) in [5.74, 6) is -3.18. The van der Waals surface area contributed by atoms with Gasteiger partial charge in [-0.3, -0.25) is 19.5 Å². The number of carbonyl (C=O) groups is 6. The van der Waals surface area contributed by atoms with Crippen molar-refractivity contribution in [2.24, 2.45) is 5.16 Å². The third-order valence-electron chi connectivity index (χ3n) is 7.17. The number of hydrogen-bond donors (Lipinski definition) is 4. The summed E-state index contributed by atoms with van der Waals surface area (Å²) >= 11 is 0.874. The Bertz CT molecular complexity index is 1790. The number of alkyl carbamates (subject to hydrolysis) is 1. The van der Waals surface area contributed by atoms with E-state index in [-0.39, 0.29) is 41.3 Å². The normalized spacial score (nSPS) is 18.4. The van der Waals surface area contributed by atoms with Gasteiger partial charge >= 0.3 is 34.5 Å². The van der Waals surface area contributed by atoms with Crippen LogP contribution in [0.3, 0.4) is 0 Å². The van der Waals surface area contributed by atoms with Crippen LogP contribution in [0.1, 0.15) is 81.9 Å². The molecule has 0 aliphatic carbocycles. The number of carbonyl (C=O) groups excluding carboxylic acids is 6. The Morgan fingerprint density at radius 2 is 1.47 bits per heavy atom. The van der Waals surface area contributed by atoms with Gasteiger partial charge in [0.25, 0.3) is 11.8 Å². The quantitative estimate of drug-likeness (QED) is 0.0555. The second-order valence-corrected chi connectivity index (χ2v) is 18.1.